The van der Waals surface area contributed by atoms with Gasteiger partial charge in [-0.3, -0.25) is 0 Å². The molecule has 4 aromatic heterocycles. The van der Waals surface area contributed by atoms with Crippen LogP contribution in [-0.4, -0.2) is 24.5 Å². The summed E-state index contributed by atoms with van der Waals surface area (Å²) in [5, 5.41) is 1.83. The molecule has 59 heavy (non-hydrogen) atoms. The van der Waals surface area contributed by atoms with Crippen molar-refractivity contribution < 1.29 is 50.3 Å². The number of hydrogen-bond acceptors (Lipinski definition) is 6. The second-order valence-electron chi connectivity index (χ2n) is 13.2. The van der Waals surface area contributed by atoms with Crippen LogP contribution in [0.1, 0.15) is 0 Å². The van der Waals surface area contributed by atoms with Crippen LogP contribution in [0.25, 0.3) is 72.5 Å². The van der Waals surface area contributed by atoms with Gasteiger partial charge in [-0.2, -0.15) is 22.9 Å². The molecule has 7 nitrogen and oxygen atoms in total. The van der Waals surface area contributed by atoms with Crippen LogP contribution in [-0.2, 0) is 40.8 Å². The largest absolute Gasteiger partial charge is 2.00 e. The van der Waals surface area contributed by atoms with E-state index in [0.717, 1.165) is 55.5 Å². The number of ether oxygens (including phenoxy) is 2. The molecule has 0 fully saturated rings. The number of benzene rings is 6. The molecule has 9 heteroatoms. The summed E-state index contributed by atoms with van der Waals surface area (Å²) in [5.74, 6) is 2.55. The minimum atomic E-state index is 0. The Balaban J connectivity index is 0.00000242. The van der Waals surface area contributed by atoms with E-state index in [0.29, 0.717) is 40.0 Å². The normalized spacial score (nSPS) is 10.8. The van der Waals surface area contributed by atoms with E-state index in [1.807, 2.05) is 114 Å². The number of fused-ring (bicyclic) bond motifs is 3. The third kappa shape index (κ3) is 7.99. The number of rotatable bonds is 9. The van der Waals surface area contributed by atoms with Gasteiger partial charge in [-0.05, 0) is 29.6 Å². The van der Waals surface area contributed by atoms with E-state index in [4.69, 9.17) is 19.4 Å². The fourth-order valence-corrected chi connectivity index (χ4v) is 6.93. The van der Waals surface area contributed by atoms with Crippen LogP contribution in [0.5, 0.6) is 23.0 Å². The fraction of sp³-hybridized carbons (Fsp3) is 0. The molecule has 10 aromatic rings. The Bertz CT molecular complexity index is 2820. The molecule has 0 aliphatic heterocycles. The third-order valence-electron chi connectivity index (χ3n) is 9.54. The zero-order valence-corrected chi connectivity index (χ0v) is 34.0. The first-order valence-electron chi connectivity index (χ1n) is 18.4. The van der Waals surface area contributed by atoms with Crippen molar-refractivity contribution in [1.82, 2.24) is 24.5 Å². The van der Waals surface area contributed by atoms with Crippen molar-refractivity contribution in [2.45, 2.75) is 0 Å². The third-order valence-corrected chi connectivity index (χ3v) is 9.54. The van der Waals surface area contributed by atoms with Crippen molar-refractivity contribution in [2.24, 2.45) is 0 Å². The molecule has 0 saturated heterocycles. The van der Waals surface area contributed by atoms with Gasteiger partial charge in [0.15, 0.2) is 0 Å². The van der Waals surface area contributed by atoms with Gasteiger partial charge >= 0.3 is 40.8 Å². The smallest absolute Gasteiger partial charge is 0.502 e. The predicted molar refractivity (Wildman–Crippen MR) is 222 cm³/mol. The molecule has 0 amide bonds. The molecule has 4 heterocycles. The maximum absolute atomic E-state index is 6.73. The minimum Gasteiger partial charge on any atom is -0.502 e. The number of nitrogens with zero attached hydrogens (tertiary/aromatic N) is 5. The molecule has 0 unspecified atom stereocenters. The molecule has 0 atom stereocenters. The van der Waals surface area contributed by atoms with Gasteiger partial charge in [0, 0.05) is 47.8 Å². The first-order valence-corrected chi connectivity index (χ1v) is 18.4. The molecule has 286 valence electrons. The monoisotopic (exact) mass is 943 g/mol. The average molecular weight is 945 g/mol. The van der Waals surface area contributed by atoms with Crippen LogP contribution in [0.4, 0.5) is 0 Å². The Hall–Kier alpha value is -6.58. The molecule has 0 aliphatic carbocycles. The van der Waals surface area contributed by atoms with Gasteiger partial charge in [-0.1, -0.05) is 130 Å². The summed E-state index contributed by atoms with van der Waals surface area (Å²) in [6.07, 6.45) is 6.98. The molecule has 0 saturated carbocycles. The van der Waals surface area contributed by atoms with Crippen molar-refractivity contribution >= 4 is 21.8 Å². The van der Waals surface area contributed by atoms with Gasteiger partial charge in [-0.25, -0.2) is 9.97 Å². The Kier molecular flexibility index (Phi) is 11.6. The number of hydrogen-bond donors (Lipinski definition) is 0. The second kappa shape index (κ2) is 17.5. The summed E-state index contributed by atoms with van der Waals surface area (Å²) in [7, 11) is 0. The number of pyridine rings is 2. The van der Waals surface area contributed by atoms with E-state index < -0.39 is 0 Å². The Labute approximate surface area is 368 Å². The molecule has 0 bridgehead atoms. The molecule has 6 aromatic carbocycles. The first kappa shape index (κ1) is 39.3. The van der Waals surface area contributed by atoms with E-state index in [9.17, 15) is 0 Å². The Morgan fingerprint density at radius 1 is 0.407 bits per heavy atom. The first-order chi connectivity index (χ1) is 28.2. The van der Waals surface area contributed by atoms with Crippen LogP contribution in [0.2, 0.25) is 0 Å². The molecule has 0 aliphatic rings. The molecule has 10 rings (SSSR count). The zero-order valence-electron chi connectivity index (χ0n) is 30.9. The average Bonchev–Trinajstić information content (AvgIpc) is 3.59. The van der Waals surface area contributed by atoms with Crippen molar-refractivity contribution in [1.29, 1.82) is 0 Å². The van der Waals surface area contributed by atoms with E-state index in [1.165, 1.54) is 0 Å². The van der Waals surface area contributed by atoms with Crippen molar-refractivity contribution in [3.05, 3.63) is 201 Å². The molecular weight excluding hydrogens is 915 g/mol. The van der Waals surface area contributed by atoms with E-state index in [1.54, 1.807) is 30.9 Å². The SMILES string of the molecule is [Pd+2].[Pd+2].[c-]1c(Oc2[c-]c3c(cc2-c2ccccc2)c2cc(-c4ccccc4)c(Oc4[c-]c(-c5ccccn5)ccc4)[c-]c2n3-c2ncccn2)cccc1-c1ccccn1. The number of aromatic nitrogens is 5. The van der Waals surface area contributed by atoms with E-state index in [2.05, 4.69) is 70.6 Å². The van der Waals surface area contributed by atoms with Gasteiger partial charge < -0.3 is 24.0 Å². The van der Waals surface area contributed by atoms with Gasteiger partial charge in [0.25, 0.3) is 0 Å². The minimum absolute atomic E-state index is 0. The summed E-state index contributed by atoms with van der Waals surface area (Å²) >= 11 is 0. The second-order valence-corrected chi connectivity index (χ2v) is 13.2. The van der Waals surface area contributed by atoms with Crippen LogP contribution >= 0.6 is 0 Å². The van der Waals surface area contributed by atoms with E-state index >= 15 is 0 Å². The zero-order chi connectivity index (χ0) is 38.0. The predicted octanol–water partition coefficient (Wildman–Crippen LogP) is 11.8. The van der Waals surface area contributed by atoms with E-state index in [-0.39, 0.29) is 40.8 Å². The fourth-order valence-electron chi connectivity index (χ4n) is 6.93. The van der Waals surface area contributed by atoms with Crippen LogP contribution in [0, 0.1) is 24.3 Å². The van der Waals surface area contributed by atoms with Crippen LogP contribution in [0.3, 0.4) is 0 Å². The molecule has 0 N–H and O–H groups in total. The van der Waals surface area contributed by atoms with Crippen molar-refractivity contribution in [2.75, 3.05) is 0 Å². The van der Waals surface area contributed by atoms with Crippen molar-refractivity contribution in [3.8, 4) is 73.7 Å². The van der Waals surface area contributed by atoms with Gasteiger partial charge in [0.05, 0.1) is 0 Å². The summed E-state index contributed by atoms with van der Waals surface area (Å²) in [5.41, 5.74) is 8.32. The maximum Gasteiger partial charge on any atom is 2.00 e. The molecule has 0 radical (unpaired) electrons. The summed E-state index contributed by atoms with van der Waals surface area (Å²) in [6.45, 7) is 0. The summed E-state index contributed by atoms with van der Waals surface area (Å²) in [4.78, 5) is 18.5. The van der Waals surface area contributed by atoms with Crippen LogP contribution in [0.15, 0.2) is 176 Å². The van der Waals surface area contributed by atoms with Gasteiger partial charge in [0.2, 0.25) is 5.95 Å². The van der Waals surface area contributed by atoms with Gasteiger partial charge in [-0.15, -0.1) is 59.7 Å². The maximum atomic E-state index is 6.73. The molecular formula is C50H29N5O2Pd2. The van der Waals surface area contributed by atoms with Crippen molar-refractivity contribution in [3.63, 3.8) is 0 Å². The topological polar surface area (TPSA) is 75.0 Å². The summed E-state index contributed by atoms with van der Waals surface area (Å²) < 4.78 is 15.4. The van der Waals surface area contributed by atoms with Gasteiger partial charge in [0.1, 0.15) is 0 Å². The van der Waals surface area contributed by atoms with Crippen LogP contribution < -0.4 is 9.47 Å². The molecule has 0 spiro atoms. The Morgan fingerprint density at radius 2 is 0.847 bits per heavy atom. The summed E-state index contributed by atoms with van der Waals surface area (Å²) in [6, 6.07) is 63.8. The quantitative estimate of drug-likeness (QED) is 0.106. The Morgan fingerprint density at radius 3 is 1.29 bits per heavy atom. The standard InChI is InChI=1S/C50H29N5O2.2Pd/c1-3-14-34(15-4-1)40-30-42-43-31-41(35-16-5-2-6-17-35)49(57-39-21-12-19-37(29-39)45-23-8-10-25-52-45)33-47(43)55(50-53-26-13-27-54-50)46(42)32-48(40)56-38-20-11-18-36(28-38)44-22-7-9-24-51-44;;/h1-27,30-31H;;/q-4;2*+2.